The maximum absolute atomic E-state index is 12.8. The van der Waals surface area contributed by atoms with E-state index < -0.39 is 23.6 Å². The first-order valence-electron chi connectivity index (χ1n) is 10.1. The maximum Gasteiger partial charge on any atom is 0.416 e. The van der Waals surface area contributed by atoms with Crippen molar-refractivity contribution in [2.75, 3.05) is 12.4 Å². The summed E-state index contributed by atoms with van der Waals surface area (Å²) in [6.45, 7) is 0.0966. The molecule has 3 rings (SSSR count). The number of nitrogens with one attached hydrogen (secondary N) is 2. The smallest absolute Gasteiger partial charge is 0.416 e. The highest BCUT2D eigenvalue weighted by Crippen LogP contribution is 2.32. The van der Waals surface area contributed by atoms with Gasteiger partial charge in [-0.3, -0.25) is 9.59 Å². The van der Waals surface area contributed by atoms with Crippen molar-refractivity contribution >= 4 is 46.9 Å². The van der Waals surface area contributed by atoms with Gasteiger partial charge in [0.25, 0.3) is 0 Å². The molecule has 0 spiro atoms. The summed E-state index contributed by atoms with van der Waals surface area (Å²) in [5, 5.41) is 6.68. The number of amides is 2. The zero-order chi connectivity index (χ0) is 26.3. The Labute approximate surface area is 213 Å². The van der Waals surface area contributed by atoms with Crippen LogP contribution < -0.4 is 20.2 Å². The van der Waals surface area contributed by atoms with Crippen LogP contribution in [0, 0.1) is 0 Å². The van der Waals surface area contributed by atoms with E-state index in [9.17, 15) is 22.8 Å². The van der Waals surface area contributed by atoms with Gasteiger partial charge in [-0.2, -0.15) is 18.3 Å². The normalized spacial score (nSPS) is 11.3. The molecule has 0 radical (unpaired) electrons. The summed E-state index contributed by atoms with van der Waals surface area (Å²) in [7, 11) is 1.44. The number of carbonyl (C=O) groups is 2. The van der Waals surface area contributed by atoms with Crippen molar-refractivity contribution in [3.8, 4) is 11.5 Å². The standard InChI is InChI=1S/C24H18Cl2F3N3O4/c1-35-21-10-14(8-9-20(21)36-13-17-18(25)6-3-7-19(17)26)12-30-32-23(34)22(33)31-16-5-2-4-15(11-16)24(27,28)29/h2-12H,13H2,1H3,(H,31,33)(H,32,34)/b30-12-. The summed E-state index contributed by atoms with van der Waals surface area (Å²) < 4.78 is 49.4. The maximum atomic E-state index is 12.8. The molecule has 3 aromatic carbocycles. The zero-order valence-electron chi connectivity index (χ0n) is 18.5. The number of rotatable bonds is 7. The predicted octanol–water partition coefficient (Wildman–Crippen LogP) is 5.69. The number of ether oxygens (including phenoxy) is 2. The van der Waals surface area contributed by atoms with Gasteiger partial charge in [-0.1, -0.05) is 35.3 Å². The summed E-state index contributed by atoms with van der Waals surface area (Å²) >= 11 is 12.3. The van der Waals surface area contributed by atoms with Gasteiger partial charge in [0.2, 0.25) is 0 Å². The van der Waals surface area contributed by atoms with E-state index >= 15 is 0 Å². The molecule has 0 aliphatic rings. The number of methoxy groups -OCH3 is 1. The number of benzene rings is 3. The Hall–Kier alpha value is -3.76. The molecular weight excluding hydrogens is 522 g/mol. The minimum atomic E-state index is -4.59. The van der Waals surface area contributed by atoms with Crippen LogP contribution in [0.5, 0.6) is 11.5 Å². The SMILES string of the molecule is COc1cc(/C=N\NC(=O)C(=O)Nc2cccc(C(F)(F)F)c2)ccc1OCc1c(Cl)cccc1Cl. The van der Waals surface area contributed by atoms with Crippen molar-refractivity contribution in [3.05, 3.63) is 87.4 Å². The number of halogens is 5. The van der Waals surface area contributed by atoms with Crippen LogP contribution in [0.3, 0.4) is 0 Å². The van der Waals surface area contributed by atoms with Gasteiger partial charge in [0.1, 0.15) is 6.61 Å². The monoisotopic (exact) mass is 539 g/mol. The second kappa shape index (κ2) is 11.8. The van der Waals surface area contributed by atoms with Gasteiger partial charge in [-0.15, -0.1) is 0 Å². The van der Waals surface area contributed by atoms with E-state index in [1.54, 1.807) is 36.4 Å². The largest absolute Gasteiger partial charge is 0.493 e. The third-order valence-electron chi connectivity index (χ3n) is 4.66. The van der Waals surface area contributed by atoms with Crippen molar-refractivity contribution in [1.82, 2.24) is 5.43 Å². The quantitative estimate of drug-likeness (QED) is 0.229. The Balaban J connectivity index is 1.59. The highest BCUT2D eigenvalue weighted by Gasteiger charge is 2.30. The van der Waals surface area contributed by atoms with Gasteiger partial charge in [-0.05, 0) is 54.1 Å². The lowest BCUT2D eigenvalue weighted by atomic mass is 10.2. The minimum Gasteiger partial charge on any atom is -0.493 e. The van der Waals surface area contributed by atoms with Crippen LogP contribution in [0.2, 0.25) is 10.0 Å². The van der Waals surface area contributed by atoms with Crippen molar-refractivity contribution in [2.24, 2.45) is 5.10 Å². The van der Waals surface area contributed by atoms with Crippen LogP contribution in [0.15, 0.2) is 65.8 Å². The molecule has 0 aliphatic heterocycles. The highest BCUT2D eigenvalue weighted by molar-refractivity contribution is 6.39. The van der Waals surface area contributed by atoms with Gasteiger partial charge in [0, 0.05) is 21.3 Å². The molecule has 0 fully saturated rings. The fraction of sp³-hybridized carbons (Fsp3) is 0.125. The lowest BCUT2D eigenvalue weighted by molar-refractivity contribution is -0.137. The Bertz CT molecular complexity index is 1280. The lowest BCUT2D eigenvalue weighted by Crippen LogP contribution is -2.32. The molecule has 0 saturated heterocycles. The van der Waals surface area contributed by atoms with E-state index in [0.29, 0.717) is 38.7 Å². The summed E-state index contributed by atoms with van der Waals surface area (Å²) in [6.07, 6.45) is -3.34. The molecule has 0 heterocycles. The first kappa shape index (κ1) is 26.8. The van der Waals surface area contributed by atoms with Crippen LogP contribution >= 0.6 is 23.2 Å². The van der Waals surface area contributed by atoms with Crippen LogP contribution in [-0.2, 0) is 22.4 Å². The van der Waals surface area contributed by atoms with E-state index in [1.807, 2.05) is 5.43 Å². The number of hydrogen-bond donors (Lipinski definition) is 2. The number of carbonyl (C=O) groups excluding carboxylic acids is 2. The van der Waals surface area contributed by atoms with Crippen molar-refractivity contribution in [2.45, 2.75) is 12.8 Å². The third kappa shape index (κ3) is 7.12. The van der Waals surface area contributed by atoms with Gasteiger partial charge in [0.15, 0.2) is 11.5 Å². The molecule has 2 N–H and O–H groups in total. The van der Waals surface area contributed by atoms with E-state index in [4.69, 9.17) is 32.7 Å². The molecule has 0 aromatic heterocycles. The molecular formula is C24H18Cl2F3N3O4. The number of hydrogen-bond acceptors (Lipinski definition) is 5. The molecule has 0 aliphatic carbocycles. The third-order valence-corrected chi connectivity index (χ3v) is 5.36. The number of hydrazone groups is 1. The van der Waals surface area contributed by atoms with Crippen molar-refractivity contribution in [1.29, 1.82) is 0 Å². The van der Waals surface area contributed by atoms with E-state index in [1.165, 1.54) is 19.4 Å². The Morgan fingerprint density at radius 2 is 1.67 bits per heavy atom. The van der Waals surface area contributed by atoms with Crippen molar-refractivity contribution < 1.29 is 32.2 Å². The Morgan fingerprint density at radius 3 is 2.33 bits per heavy atom. The molecule has 7 nitrogen and oxygen atoms in total. The second-order valence-electron chi connectivity index (χ2n) is 7.13. The Morgan fingerprint density at radius 1 is 0.972 bits per heavy atom. The number of nitrogens with zero attached hydrogens (tertiary/aromatic N) is 1. The average Bonchev–Trinajstić information content (AvgIpc) is 2.83. The number of alkyl halides is 3. The fourth-order valence-electron chi connectivity index (χ4n) is 2.88. The first-order valence-corrected chi connectivity index (χ1v) is 10.9. The summed E-state index contributed by atoms with van der Waals surface area (Å²) in [5.41, 5.74) is 1.96. The Kier molecular flexibility index (Phi) is 8.78. The lowest BCUT2D eigenvalue weighted by Gasteiger charge is -2.13. The molecule has 0 saturated carbocycles. The molecule has 36 heavy (non-hydrogen) atoms. The zero-order valence-corrected chi connectivity index (χ0v) is 20.0. The molecule has 12 heteroatoms. The van der Waals surface area contributed by atoms with Crippen LogP contribution in [0.1, 0.15) is 16.7 Å². The van der Waals surface area contributed by atoms with E-state index in [2.05, 4.69) is 10.4 Å². The molecule has 2 amide bonds. The summed E-state index contributed by atoms with van der Waals surface area (Å²) in [4.78, 5) is 23.9. The second-order valence-corrected chi connectivity index (χ2v) is 7.95. The minimum absolute atomic E-state index is 0.0966. The van der Waals surface area contributed by atoms with Crippen molar-refractivity contribution in [3.63, 3.8) is 0 Å². The molecule has 0 atom stereocenters. The van der Waals surface area contributed by atoms with E-state index in [0.717, 1.165) is 12.1 Å². The highest BCUT2D eigenvalue weighted by atomic mass is 35.5. The van der Waals surface area contributed by atoms with Crippen LogP contribution in [0.4, 0.5) is 18.9 Å². The van der Waals surface area contributed by atoms with Gasteiger partial charge in [-0.25, -0.2) is 5.43 Å². The van der Waals surface area contributed by atoms with E-state index in [-0.39, 0.29) is 12.3 Å². The predicted molar refractivity (Wildman–Crippen MR) is 130 cm³/mol. The molecule has 188 valence electrons. The van der Waals surface area contributed by atoms with Crippen LogP contribution in [0.25, 0.3) is 0 Å². The van der Waals surface area contributed by atoms with Gasteiger partial charge >= 0.3 is 18.0 Å². The molecule has 3 aromatic rings. The van der Waals surface area contributed by atoms with Gasteiger partial charge in [0.05, 0.1) is 18.9 Å². The molecule has 0 bridgehead atoms. The average molecular weight is 540 g/mol. The van der Waals surface area contributed by atoms with Crippen LogP contribution in [-0.4, -0.2) is 25.1 Å². The first-order chi connectivity index (χ1) is 17.1. The van der Waals surface area contributed by atoms with Gasteiger partial charge < -0.3 is 14.8 Å². The molecule has 0 unspecified atom stereocenters. The number of anilines is 1. The summed E-state index contributed by atoms with van der Waals surface area (Å²) in [6, 6.07) is 13.8. The summed E-state index contributed by atoms with van der Waals surface area (Å²) in [5.74, 6) is -1.61. The fourth-order valence-corrected chi connectivity index (χ4v) is 3.39. The topological polar surface area (TPSA) is 89.0 Å².